The molecule has 0 aliphatic carbocycles. The lowest BCUT2D eigenvalue weighted by Gasteiger charge is -2.20. The first-order valence-electron chi connectivity index (χ1n) is 10.4. The predicted molar refractivity (Wildman–Crippen MR) is 106 cm³/mol. The summed E-state index contributed by atoms with van der Waals surface area (Å²) in [5, 5.41) is 22.3. The van der Waals surface area contributed by atoms with Crippen LogP contribution in [-0.4, -0.2) is 34.9 Å². The van der Waals surface area contributed by atoms with E-state index >= 15 is 0 Å². The van der Waals surface area contributed by atoms with Crippen molar-refractivity contribution in [3.8, 4) is 0 Å². The highest BCUT2D eigenvalue weighted by molar-refractivity contribution is 5.76. The number of aliphatic hydroxyl groups excluding tert-OH is 2. The zero-order valence-corrected chi connectivity index (χ0v) is 16.5. The molecule has 0 aromatic heterocycles. The van der Waals surface area contributed by atoms with Gasteiger partial charge in [0.15, 0.2) is 0 Å². The molecule has 25 heavy (non-hydrogen) atoms. The summed E-state index contributed by atoms with van der Waals surface area (Å²) in [5.41, 5.74) is 0. The van der Waals surface area contributed by atoms with Gasteiger partial charge in [-0.1, -0.05) is 83.8 Å². The van der Waals surface area contributed by atoms with Crippen LogP contribution in [0.1, 0.15) is 97.3 Å². The summed E-state index contributed by atoms with van der Waals surface area (Å²) in [4.78, 5) is 11.9. The third-order valence-corrected chi connectivity index (χ3v) is 4.52. The van der Waals surface area contributed by atoms with Crippen molar-refractivity contribution in [1.82, 2.24) is 5.32 Å². The molecule has 1 amide bonds. The molecular formula is C21H41NO3. The van der Waals surface area contributed by atoms with Crippen molar-refractivity contribution in [3.05, 3.63) is 12.2 Å². The van der Waals surface area contributed by atoms with Gasteiger partial charge in [-0.2, -0.15) is 0 Å². The fourth-order valence-electron chi connectivity index (χ4n) is 2.82. The van der Waals surface area contributed by atoms with E-state index in [4.69, 9.17) is 0 Å². The standard InChI is InChI=1S/C21H41NO3/c1-3-5-7-9-11-12-14-16-20(24)19(18-23)22-21(25)17-15-13-10-8-6-4-2/h14,16,19-20,23-24H,3-13,15,17-18H2,1-2H3,(H,22,25)/b16-14+. The number of nitrogens with one attached hydrogen (secondary N) is 1. The number of unbranched alkanes of at least 4 members (excludes halogenated alkanes) is 10. The minimum absolute atomic E-state index is 0.0819. The number of carbonyl (C=O) groups excluding carboxylic acids is 1. The molecule has 0 spiro atoms. The molecule has 0 saturated heterocycles. The fourth-order valence-corrected chi connectivity index (χ4v) is 2.82. The minimum atomic E-state index is -0.825. The average molecular weight is 356 g/mol. The molecule has 0 fully saturated rings. The van der Waals surface area contributed by atoms with Crippen LogP contribution < -0.4 is 5.32 Å². The highest BCUT2D eigenvalue weighted by Gasteiger charge is 2.17. The molecule has 0 bridgehead atoms. The first-order chi connectivity index (χ1) is 12.2. The maximum absolute atomic E-state index is 11.9. The molecule has 0 aliphatic rings. The maximum Gasteiger partial charge on any atom is 0.220 e. The number of hydrogen-bond acceptors (Lipinski definition) is 3. The van der Waals surface area contributed by atoms with Crippen molar-refractivity contribution in [2.75, 3.05) is 6.61 Å². The molecule has 0 heterocycles. The van der Waals surface area contributed by atoms with E-state index in [1.54, 1.807) is 6.08 Å². The van der Waals surface area contributed by atoms with Gasteiger partial charge in [-0.25, -0.2) is 0 Å². The lowest BCUT2D eigenvalue weighted by atomic mass is 10.1. The minimum Gasteiger partial charge on any atom is -0.394 e. The Morgan fingerprint density at radius 3 is 2.08 bits per heavy atom. The summed E-state index contributed by atoms with van der Waals surface area (Å²) in [6.45, 7) is 4.14. The van der Waals surface area contributed by atoms with E-state index < -0.39 is 12.1 Å². The third kappa shape index (κ3) is 15.1. The van der Waals surface area contributed by atoms with Crippen LogP contribution >= 0.6 is 0 Å². The van der Waals surface area contributed by atoms with Crippen molar-refractivity contribution < 1.29 is 15.0 Å². The lowest BCUT2D eigenvalue weighted by molar-refractivity contribution is -0.123. The number of carbonyl (C=O) groups is 1. The third-order valence-electron chi connectivity index (χ3n) is 4.52. The Morgan fingerprint density at radius 2 is 1.48 bits per heavy atom. The van der Waals surface area contributed by atoms with Crippen molar-refractivity contribution in [3.63, 3.8) is 0 Å². The molecule has 0 aromatic carbocycles. The van der Waals surface area contributed by atoms with E-state index in [9.17, 15) is 15.0 Å². The zero-order chi connectivity index (χ0) is 18.8. The SMILES string of the molecule is CCCCCCC/C=C/C(O)C(CO)NC(=O)CCCCCCCC. The normalized spacial score (nSPS) is 13.9. The average Bonchev–Trinajstić information content (AvgIpc) is 2.61. The monoisotopic (exact) mass is 355 g/mol. The molecule has 3 N–H and O–H groups in total. The number of amides is 1. The van der Waals surface area contributed by atoms with E-state index in [1.807, 2.05) is 6.08 Å². The van der Waals surface area contributed by atoms with Gasteiger partial charge in [0.2, 0.25) is 5.91 Å². The van der Waals surface area contributed by atoms with E-state index in [2.05, 4.69) is 19.2 Å². The quantitative estimate of drug-likeness (QED) is 0.266. The van der Waals surface area contributed by atoms with E-state index in [-0.39, 0.29) is 12.5 Å². The van der Waals surface area contributed by atoms with Crippen molar-refractivity contribution in [2.45, 2.75) is 109 Å². The highest BCUT2D eigenvalue weighted by atomic mass is 16.3. The largest absolute Gasteiger partial charge is 0.394 e. The van der Waals surface area contributed by atoms with Gasteiger partial charge in [-0.15, -0.1) is 0 Å². The van der Waals surface area contributed by atoms with Gasteiger partial charge < -0.3 is 15.5 Å². The van der Waals surface area contributed by atoms with Gasteiger partial charge in [-0.05, 0) is 19.3 Å². The van der Waals surface area contributed by atoms with Crippen LogP contribution in [-0.2, 0) is 4.79 Å². The van der Waals surface area contributed by atoms with E-state index in [1.165, 1.54) is 51.4 Å². The van der Waals surface area contributed by atoms with Crippen molar-refractivity contribution in [1.29, 1.82) is 0 Å². The Labute approximate surface area is 155 Å². The van der Waals surface area contributed by atoms with Gasteiger partial charge in [0.1, 0.15) is 0 Å². The molecule has 4 nitrogen and oxygen atoms in total. The Hall–Kier alpha value is -0.870. The molecular weight excluding hydrogens is 314 g/mol. The summed E-state index contributed by atoms with van der Waals surface area (Å²) < 4.78 is 0. The van der Waals surface area contributed by atoms with Gasteiger partial charge in [0, 0.05) is 6.42 Å². The van der Waals surface area contributed by atoms with E-state index in [0.717, 1.165) is 25.7 Å². The maximum atomic E-state index is 11.9. The van der Waals surface area contributed by atoms with Crippen LogP contribution in [0.15, 0.2) is 12.2 Å². The summed E-state index contributed by atoms with van der Waals surface area (Å²) in [6, 6.07) is -0.607. The highest BCUT2D eigenvalue weighted by Crippen LogP contribution is 2.08. The fraction of sp³-hybridized carbons (Fsp3) is 0.857. The van der Waals surface area contributed by atoms with Crippen LogP contribution in [0.4, 0.5) is 0 Å². The molecule has 0 aromatic rings. The van der Waals surface area contributed by atoms with E-state index in [0.29, 0.717) is 6.42 Å². The van der Waals surface area contributed by atoms with Crippen LogP contribution in [0.3, 0.4) is 0 Å². The number of allylic oxidation sites excluding steroid dienone is 1. The second-order valence-corrected chi connectivity index (χ2v) is 7.00. The van der Waals surface area contributed by atoms with Crippen LogP contribution in [0.2, 0.25) is 0 Å². The first-order valence-corrected chi connectivity index (χ1v) is 10.4. The Balaban J connectivity index is 3.87. The smallest absolute Gasteiger partial charge is 0.220 e. The summed E-state index contributed by atoms with van der Waals surface area (Å²) in [5.74, 6) is -0.0819. The molecule has 2 atom stereocenters. The number of aliphatic hydroxyl groups is 2. The molecule has 2 unspecified atom stereocenters. The first kappa shape index (κ1) is 24.1. The van der Waals surface area contributed by atoms with Crippen LogP contribution in [0, 0.1) is 0 Å². The van der Waals surface area contributed by atoms with Gasteiger partial charge >= 0.3 is 0 Å². The predicted octanol–water partition coefficient (Wildman–Crippen LogP) is 4.49. The topological polar surface area (TPSA) is 69.6 Å². The lowest BCUT2D eigenvalue weighted by Crippen LogP contribution is -2.45. The molecule has 0 radical (unpaired) electrons. The summed E-state index contributed by atoms with van der Waals surface area (Å²) >= 11 is 0. The molecule has 4 heteroatoms. The van der Waals surface area contributed by atoms with Crippen molar-refractivity contribution >= 4 is 5.91 Å². The zero-order valence-electron chi connectivity index (χ0n) is 16.5. The summed E-state index contributed by atoms with van der Waals surface area (Å²) in [6.07, 6.45) is 17.2. The molecule has 0 rings (SSSR count). The van der Waals surface area contributed by atoms with Crippen molar-refractivity contribution in [2.24, 2.45) is 0 Å². The number of rotatable bonds is 17. The molecule has 0 saturated carbocycles. The van der Waals surface area contributed by atoms with Gasteiger partial charge in [-0.3, -0.25) is 4.79 Å². The Bertz CT molecular complexity index is 331. The van der Waals surface area contributed by atoms with Crippen LogP contribution in [0.5, 0.6) is 0 Å². The molecule has 148 valence electrons. The molecule has 0 aliphatic heterocycles. The van der Waals surface area contributed by atoms with Crippen LogP contribution in [0.25, 0.3) is 0 Å². The second kappa shape index (κ2) is 17.9. The Morgan fingerprint density at radius 1 is 0.920 bits per heavy atom. The van der Waals surface area contributed by atoms with Gasteiger partial charge in [0.25, 0.3) is 0 Å². The second-order valence-electron chi connectivity index (χ2n) is 7.00. The number of hydrogen-bond donors (Lipinski definition) is 3. The summed E-state index contributed by atoms with van der Waals surface area (Å²) in [7, 11) is 0. The van der Waals surface area contributed by atoms with Gasteiger partial charge in [0.05, 0.1) is 18.8 Å². The Kier molecular flexibility index (Phi) is 17.3.